The van der Waals surface area contributed by atoms with Crippen LogP contribution in [0.3, 0.4) is 0 Å². The van der Waals surface area contributed by atoms with E-state index in [1.807, 2.05) is 26.2 Å². The number of pyridine rings is 1. The van der Waals surface area contributed by atoms with Crippen molar-refractivity contribution in [3.8, 4) is 5.75 Å². The molecular weight excluding hydrogens is 178 g/mol. The molecule has 14 heavy (non-hydrogen) atoms. The Labute approximate surface area is 83.7 Å². The molecule has 0 aliphatic heterocycles. The maximum atomic E-state index is 5.69. The Morgan fingerprint density at radius 1 is 1.21 bits per heavy atom. The van der Waals surface area contributed by atoms with E-state index in [0.29, 0.717) is 6.10 Å². The summed E-state index contributed by atoms with van der Waals surface area (Å²) in [7, 11) is 3.70. The van der Waals surface area contributed by atoms with Crippen LogP contribution in [0.15, 0.2) is 12.1 Å². The molecule has 4 heteroatoms. The van der Waals surface area contributed by atoms with Crippen LogP contribution in [0.2, 0.25) is 0 Å². The topological polar surface area (TPSA) is 46.2 Å². The summed E-state index contributed by atoms with van der Waals surface area (Å²) in [6.07, 6.45) is 2.77. The quantitative estimate of drug-likeness (QED) is 0.764. The highest BCUT2D eigenvalue weighted by atomic mass is 16.5. The van der Waals surface area contributed by atoms with Gasteiger partial charge in [0.2, 0.25) is 0 Å². The number of nitrogens with zero attached hydrogens (tertiary/aromatic N) is 1. The summed E-state index contributed by atoms with van der Waals surface area (Å²) in [5.74, 6) is 2.54. The van der Waals surface area contributed by atoms with Gasteiger partial charge in [-0.3, -0.25) is 0 Å². The van der Waals surface area contributed by atoms with E-state index in [1.165, 1.54) is 12.8 Å². The molecule has 1 aliphatic carbocycles. The summed E-state index contributed by atoms with van der Waals surface area (Å²) in [6, 6.07) is 3.83. The largest absolute Gasteiger partial charge is 0.490 e. The molecule has 2 rings (SSSR count). The third-order valence-electron chi connectivity index (χ3n) is 2.14. The molecule has 0 amide bonds. The van der Waals surface area contributed by atoms with Gasteiger partial charge in [0.05, 0.1) is 6.10 Å². The van der Waals surface area contributed by atoms with E-state index >= 15 is 0 Å². The van der Waals surface area contributed by atoms with Gasteiger partial charge in [-0.15, -0.1) is 0 Å². The number of hydrogen-bond acceptors (Lipinski definition) is 4. The van der Waals surface area contributed by atoms with Gasteiger partial charge in [-0.1, -0.05) is 0 Å². The maximum absolute atomic E-state index is 5.69. The van der Waals surface area contributed by atoms with Gasteiger partial charge < -0.3 is 15.4 Å². The zero-order chi connectivity index (χ0) is 9.97. The number of rotatable bonds is 4. The van der Waals surface area contributed by atoms with Gasteiger partial charge in [-0.05, 0) is 12.8 Å². The highest BCUT2D eigenvalue weighted by Gasteiger charge is 2.23. The molecule has 0 aromatic carbocycles. The molecule has 4 nitrogen and oxygen atoms in total. The normalized spacial score (nSPS) is 15.0. The Kier molecular flexibility index (Phi) is 2.43. The van der Waals surface area contributed by atoms with Crippen LogP contribution >= 0.6 is 0 Å². The predicted molar refractivity (Wildman–Crippen MR) is 57.0 cm³/mol. The molecular formula is C10H15N3O. The highest BCUT2D eigenvalue weighted by molar-refractivity contribution is 5.51. The molecule has 0 bridgehead atoms. The average molecular weight is 193 g/mol. The molecule has 0 saturated heterocycles. The lowest BCUT2D eigenvalue weighted by molar-refractivity contribution is 0.303. The van der Waals surface area contributed by atoms with Crippen molar-refractivity contribution in [2.45, 2.75) is 18.9 Å². The fourth-order valence-corrected chi connectivity index (χ4v) is 1.21. The van der Waals surface area contributed by atoms with Gasteiger partial charge in [0.1, 0.15) is 17.4 Å². The molecule has 1 heterocycles. The van der Waals surface area contributed by atoms with Crippen molar-refractivity contribution < 1.29 is 4.74 Å². The Morgan fingerprint density at radius 2 is 1.79 bits per heavy atom. The van der Waals surface area contributed by atoms with Crippen LogP contribution in [0.4, 0.5) is 11.6 Å². The van der Waals surface area contributed by atoms with E-state index in [9.17, 15) is 0 Å². The fourth-order valence-electron chi connectivity index (χ4n) is 1.21. The van der Waals surface area contributed by atoms with Gasteiger partial charge in [0, 0.05) is 26.2 Å². The summed E-state index contributed by atoms with van der Waals surface area (Å²) >= 11 is 0. The lowest BCUT2D eigenvalue weighted by atomic mass is 10.4. The zero-order valence-corrected chi connectivity index (χ0v) is 8.50. The SMILES string of the molecule is CNc1cc(OC2CC2)cc(NC)n1. The monoisotopic (exact) mass is 193 g/mol. The summed E-state index contributed by atoms with van der Waals surface area (Å²) in [5.41, 5.74) is 0. The van der Waals surface area contributed by atoms with E-state index < -0.39 is 0 Å². The van der Waals surface area contributed by atoms with Crippen LogP contribution in [-0.2, 0) is 0 Å². The van der Waals surface area contributed by atoms with Crippen LogP contribution in [-0.4, -0.2) is 25.2 Å². The van der Waals surface area contributed by atoms with Crippen LogP contribution in [0.25, 0.3) is 0 Å². The van der Waals surface area contributed by atoms with Crippen LogP contribution < -0.4 is 15.4 Å². The predicted octanol–water partition coefficient (Wildman–Crippen LogP) is 1.71. The number of nitrogens with one attached hydrogen (secondary N) is 2. The first-order valence-corrected chi connectivity index (χ1v) is 4.86. The Morgan fingerprint density at radius 3 is 2.21 bits per heavy atom. The molecule has 0 unspecified atom stereocenters. The van der Waals surface area contributed by atoms with Gasteiger partial charge in [-0.25, -0.2) is 4.98 Å². The molecule has 1 aromatic heterocycles. The van der Waals surface area contributed by atoms with Gasteiger partial charge >= 0.3 is 0 Å². The van der Waals surface area contributed by atoms with Gasteiger partial charge in [0.15, 0.2) is 0 Å². The molecule has 0 atom stereocenters. The number of hydrogen-bond donors (Lipinski definition) is 2. The van der Waals surface area contributed by atoms with Crippen molar-refractivity contribution in [3.63, 3.8) is 0 Å². The van der Waals surface area contributed by atoms with Crippen molar-refractivity contribution in [1.29, 1.82) is 0 Å². The Hall–Kier alpha value is -1.45. The second-order valence-corrected chi connectivity index (χ2v) is 3.39. The van der Waals surface area contributed by atoms with Crippen molar-refractivity contribution in [1.82, 2.24) is 4.98 Å². The van der Waals surface area contributed by atoms with E-state index in [1.54, 1.807) is 0 Å². The molecule has 1 fully saturated rings. The smallest absolute Gasteiger partial charge is 0.131 e. The van der Waals surface area contributed by atoms with Crippen molar-refractivity contribution in [2.24, 2.45) is 0 Å². The molecule has 0 radical (unpaired) electrons. The van der Waals surface area contributed by atoms with E-state index in [0.717, 1.165) is 17.4 Å². The first kappa shape index (κ1) is 9.12. The van der Waals surface area contributed by atoms with Crippen molar-refractivity contribution >= 4 is 11.6 Å². The molecule has 2 N–H and O–H groups in total. The molecule has 0 spiro atoms. The summed E-state index contributed by atoms with van der Waals surface area (Å²) in [4.78, 5) is 4.30. The third-order valence-corrected chi connectivity index (χ3v) is 2.14. The first-order chi connectivity index (χ1) is 6.81. The number of aromatic nitrogens is 1. The zero-order valence-electron chi connectivity index (χ0n) is 8.50. The number of ether oxygens (including phenoxy) is 1. The summed E-state index contributed by atoms with van der Waals surface area (Å²) in [6.45, 7) is 0. The number of anilines is 2. The van der Waals surface area contributed by atoms with E-state index in [2.05, 4.69) is 15.6 Å². The minimum atomic E-state index is 0.423. The average Bonchev–Trinajstić information content (AvgIpc) is 3.01. The van der Waals surface area contributed by atoms with Gasteiger partial charge in [0.25, 0.3) is 0 Å². The summed E-state index contributed by atoms with van der Waals surface area (Å²) in [5, 5.41) is 6.01. The van der Waals surface area contributed by atoms with E-state index in [4.69, 9.17) is 4.74 Å². The van der Waals surface area contributed by atoms with Gasteiger partial charge in [-0.2, -0.15) is 0 Å². The van der Waals surface area contributed by atoms with Crippen LogP contribution in [0.1, 0.15) is 12.8 Å². The minimum absolute atomic E-state index is 0.423. The molecule has 76 valence electrons. The first-order valence-electron chi connectivity index (χ1n) is 4.86. The second kappa shape index (κ2) is 3.74. The fraction of sp³-hybridized carbons (Fsp3) is 0.500. The molecule has 1 aliphatic rings. The Bertz CT molecular complexity index is 301. The second-order valence-electron chi connectivity index (χ2n) is 3.39. The Balaban J connectivity index is 2.19. The lowest BCUT2D eigenvalue weighted by Gasteiger charge is -2.09. The van der Waals surface area contributed by atoms with E-state index in [-0.39, 0.29) is 0 Å². The molecule has 1 aromatic rings. The minimum Gasteiger partial charge on any atom is -0.490 e. The standard InChI is InChI=1S/C10H15N3O/c1-11-9-5-8(14-7-3-4-7)6-10(12-2)13-9/h5-7H,3-4H2,1-2H3,(H2,11,12,13). The molecule has 1 saturated carbocycles. The van der Waals surface area contributed by atoms with Crippen molar-refractivity contribution in [3.05, 3.63) is 12.1 Å². The maximum Gasteiger partial charge on any atom is 0.131 e. The van der Waals surface area contributed by atoms with Crippen molar-refractivity contribution in [2.75, 3.05) is 24.7 Å². The highest BCUT2D eigenvalue weighted by Crippen LogP contribution is 2.29. The van der Waals surface area contributed by atoms with Crippen LogP contribution in [0, 0.1) is 0 Å². The van der Waals surface area contributed by atoms with Crippen LogP contribution in [0.5, 0.6) is 5.75 Å². The lowest BCUT2D eigenvalue weighted by Crippen LogP contribution is -2.01. The summed E-state index contributed by atoms with van der Waals surface area (Å²) < 4.78 is 5.69. The third kappa shape index (κ3) is 2.07.